The Morgan fingerprint density at radius 3 is 2.85 bits per heavy atom. The van der Waals surface area contributed by atoms with E-state index in [1.807, 2.05) is 18.5 Å². The summed E-state index contributed by atoms with van der Waals surface area (Å²) >= 11 is 0. The van der Waals surface area contributed by atoms with E-state index in [0.29, 0.717) is 0 Å². The summed E-state index contributed by atoms with van der Waals surface area (Å²) in [6.45, 7) is 4.92. The summed E-state index contributed by atoms with van der Waals surface area (Å²) in [7, 11) is 2.05. The molecule has 0 fully saturated rings. The molecule has 1 N–H and O–H groups in total. The van der Waals surface area contributed by atoms with Gasteiger partial charge in [0.1, 0.15) is 5.82 Å². The molecule has 2 rings (SSSR count). The van der Waals surface area contributed by atoms with Crippen molar-refractivity contribution in [3.63, 3.8) is 0 Å². The number of nitrogens with zero attached hydrogens (tertiary/aromatic N) is 3. The van der Waals surface area contributed by atoms with Crippen molar-refractivity contribution < 1.29 is 0 Å². The Hall–Kier alpha value is -1.94. The minimum Gasteiger partial charge on any atom is -0.355 e. The predicted octanol–water partition coefficient (Wildman–Crippen LogP) is 2.61. The normalized spacial score (nSPS) is 10.5. The molecule has 0 aliphatic carbocycles. The molecule has 0 amide bonds. The molecule has 106 valence electrons. The van der Waals surface area contributed by atoms with Gasteiger partial charge in [-0.05, 0) is 42.3 Å². The minimum absolute atomic E-state index is 0.812. The lowest BCUT2D eigenvalue weighted by molar-refractivity contribution is 0.674. The molecule has 0 aromatic carbocycles. The molecular weight excluding hydrogens is 248 g/mol. The summed E-state index contributed by atoms with van der Waals surface area (Å²) in [6, 6.07) is 8.24. The fraction of sp³-hybridized carbons (Fsp3) is 0.375. The number of rotatable bonds is 7. The zero-order chi connectivity index (χ0) is 14.2. The largest absolute Gasteiger partial charge is 0.355 e. The van der Waals surface area contributed by atoms with Crippen LogP contribution in [0.5, 0.6) is 0 Å². The van der Waals surface area contributed by atoms with E-state index in [1.54, 1.807) is 6.20 Å². The van der Waals surface area contributed by atoms with Crippen LogP contribution in [0.25, 0.3) is 0 Å². The van der Waals surface area contributed by atoms with E-state index in [9.17, 15) is 0 Å². The molecule has 0 spiro atoms. The van der Waals surface area contributed by atoms with Crippen molar-refractivity contribution >= 4 is 5.82 Å². The fourth-order valence-electron chi connectivity index (χ4n) is 2.04. The maximum atomic E-state index is 4.44. The van der Waals surface area contributed by atoms with E-state index in [1.165, 1.54) is 11.1 Å². The van der Waals surface area contributed by atoms with Gasteiger partial charge in [0.25, 0.3) is 0 Å². The first-order valence-corrected chi connectivity index (χ1v) is 7.05. The number of hydrogen-bond acceptors (Lipinski definition) is 4. The summed E-state index contributed by atoms with van der Waals surface area (Å²) in [5.74, 6) is 0.990. The first-order valence-electron chi connectivity index (χ1n) is 7.05. The van der Waals surface area contributed by atoms with Gasteiger partial charge >= 0.3 is 0 Å². The van der Waals surface area contributed by atoms with Crippen molar-refractivity contribution in [2.75, 3.05) is 18.5 Å². The number of hydrogen-bond donors (Lipinski definition) is 1. The van der Waals surface area contributed by atoms with Gasteiger partial charge < -0.3 is 10.2 Å². The summed E-state index contributed by atoms with van der Waals surface area (Å²) in [4.78, 5) is 10.7. The Labute approximate surface area is 120 Å². The molecule has 2 heterocycles. The van der Waals surface area contributed by atoms with Crippen LogP contribution < -0.4 is 10.2 Å². The van der Waals surface area contributed by atoms with Crippen LogP contribution in [0.2, 0.25) is 0 Å². The SMILES string of the molecule is CCCNCc1ccnc(N(C)Cc2cccnc2)c1. The number of aromatic nitrogens is 2. The lowest BCUT2D eigenvalue weighted by atomic mass is 10.2. The molecule has 0 unspecified atom stereocenters. The Morgan fingerprint density at radius 1 is 1.20 bits per heavy atom. The van der Waals surface area contributed by atoms with Crippen molar-refractivity contribution in [3.05, 3.63) is 54.0 Å². The molecule has 4 heteroatoms. The molecule has 0 saturated carbocycles. The fourth-order valence-corrected chi connectivity index (χ4v) is 2.04. The van der Waals surface area contributed by atoms with Gasteiger partial charge in [0.2, 0.25) is 0 Å². The van der Waals surface area contributed by atoms with Crippen molar-refractivity contribution in [2.45, 2.75) is 26.4 Å². The van der Waals surface area contributed by atoms with E-state index in [4.69, 9.17) is 0 Å². The quantitative estimate of drug-likeness (QED) is 0.785. The molecule has 20 heavy (non-hydrogen) atoms. The first-order chi connectivity index (χ1) is 9.79. The Morgan fingerprint density at radius 2 is 2.10 bits per heavy atom. The summed E-state index contributed by atoms with van der Waals surface area (Å²) in [5, 5.41) is 3.41. The molecule has 0 bridgehead atoms. The topological polar surface area (TPSA) is 41.1 Å². The van der Waals surface area contributed by atoms with Gasteiger partial charge in [0.05, 0.1) is 0 Å². The highest BCUT2D eigenvalue weighted by atomic mass is 15.2. The van der Waals surface area contributed by atoms with Crippen LogP contribution in [0.4, 0.5) is 5.82 Å². The van der Waals surface area contributed by atoms with Crippen LogP contribution in [0.15, 0.2) is 42.9 Å². The van der Waals surface area contributed by atoms with Crippen molar-refractivity contribution in [1.82, 2.24) is 15.3 Å². The second-order valence-electron chi connectivity index (χ2n) is 4.92. The Balaban J connectivity index is 1.99. The van der Waals surface area contributed by atoms with Gasteiger partial charge in [-0.25, -0.2) is 4.98 Å². The second-order valence-corrected chi connectivity index (χ2v) is 4.92. The van der Waals surface area contributed by atoms with Crippen LogP contribution in [-0.2, 0) is 13.1 Å². The third-order valence-corrected chi connectivity index (χ3v) is 3.10. The molecule has 2 aromatic heterocycles. The van der Waals surface area contributed by atoms with Crippen LogP contribution in [0.1, 0.15) is 24.5 Å². The number of pyridine rings is 2. The molecule has 0 radical (unpaired) electrons. The highest BCUT2D eigenvalue weighted by molar-refractivity contribution is 5.40. The highest BCUT2D eigenvalue weighted by Gasteiger charge is 2.04. The molecule has 4 nitrogen and oxygen atoms in total. The third-order valence-electron chi connectivity index (χ3n) is 3.10. The van der Waals surface area contributed by atoms with E-state index >= 15 is 0 Å². The van der Waals surface area contributed by atoms with Gasteiger partial charge in [0, 0.05) is 38.7 Å². The van der Waals surface area contributed by atoms with Crippen molar-refractivity contribution in [3.8, 4) is 0 Å². The van der Waals surface area contributed by atoms with Gasteiger partial charge in [0.15, 0.2) is 0 Å². The van der Waals surface area contributed by atoms with Crippen molar-refractivity contribution in [2.24, 2.45) is 0 Å². The van der Waals surface area contributed by atoms with Gasteiger partial charge in [-0.15, -0.1) is 0 Å². The zero-order valence-corrected chi connectivity index (χ0v) is 12.2. The van der Waals surface area contributed by atoms with Crippen LogP contribution >= 0.6 is 0 Å². The predicted molar refractivity (Wildman–Crippen MR) is 82.6 cm³/mol. The molecule has 0 saturated heterocycles. The van der Waals surface area contributed by atoms with Gasteiger partial charge in [-0.1, -0.05) is 13.0 Å². The maximum Gasteiger partial charge on any atom is 0.128 e. The van der Waals surface area contributed by atoms with E-state index < -0.39 is 0 Å². The molecular formula is C16H22N4. The first kappa shape index (κ1) is 14.5. The summed E-state index contributed by atoms with van der Waals surface area (Å²) in [6.07, 6.45) is 6.71. The Kier molecular flexibility index (Phi) is 5.50. The highest BCUT2D eigenvalue weighted by Crippen LogP contribution is 2.13. The molecule has 2 aromatic rings. The molecule has 0 atom stereocenters. The lowest BCUT2D eigenvalue weighted by Gasteiger charge is -2.18. The lowest BCUT2D eigenvalue weighted by Crippen LogP contribution is -2.19. The standard InChI is InChI=1S/C16H22N4/c1-3-7-17-11-14-6-9-19-16(10-14)20(2)13-15-5-4-8-18-12-15/h4-6,8-10,12,17H,3,7,11,13H2,1-2H3. The average Bonchev–Trinajstić information content (AvgIpc) is 2.49. The zero-order valence-electron chi connectivity index (χ0n) is 12.2. The number of nitrogens with one attached hydrogen (secondary N) is 1. The molecule has 0 aliphatic rings. The minimum atomic E-state index is 0.812. The van der Waals surface area contributed by atoms with E-state index in [-0.39, 0.29) is 0 Å². The van der Waals surface area contributed by atoms with Crippen molar-refractivity contribution in [1.29, 1.82) is 0 Å². The van der Waals surface area contributed by atoms with Gasteiger partial charge in [-0.3, -0.25) is 4.98 Å². The smallest absolute Gasteiger partial charge is 0.128 e. The van der Waals surface area contributed by atoms with Crippen LogP contribution in [-0.4, -0.2) is 23.6 Å². The van der Waals surface area contributed by atoms with Gasteiger partial charge in [-0.2, -0.15) is 0 Å². The monoisotopic (exact) mass is 270 g/mol. The van der Waals surface area contributed by atoms with E-state index in [2.05, 4.69) is 52.4 Å². The molecule has 0 aliphatic heterocycles. The second kappa shape index (κ2) is 7.60. The number of anilines is 1. The summed E-state index contributed by atoms with van der Waals surface area (Å²) < 4.78 is 0. The maximum absolute atomic E-state index is 4.44. The van der Waals surface area contributed by atoms with E-state index in [0.717, 1.165) is 31.9 Å². The summed E-state index contributed by atoms with van der Waals surface area (Å²) in [5.41, 5.74) is 2.45. The Bertz CT molecular complexity index is 513. The van der Waals surface area contributed by atoms with Crippen LogP contribution in [0.3, 0.4) is 0 Å². The van der Waals surface area contributed by atoms with Crippen LogP contribution in [0, 0.1) is 0 Å². The third kappa shape index (κ3) is 4.31. The average molecular weight is 270 g/mol.